The van der Waals surface area contributed by atoms with Gasteiger partial charge in [0.15, 0.2) is 0 Å². The summed E-state index contributed by atoms with van der Waals surface area (Å²) >= 11 is 0. The highest BCUT2D eigenvalue weighted by molar-refractivity contribution is 5.77. The van der Waals surface area contributed by atoms with Gasteiger partial charge in [-0.05, 0) is 30.9 Å². The van der Waals surface area contributed by atoms with Crippen LogP contribution in [0.25, 0.3) is 0 Å². The number of amides is 1. The average Bonchev–Trinajstić information content (AvgIpc) is 2.84. The molecule has 2 aliphatic rings. The predicted octanol–water partition coefficient (Wildman–Crippen LogP) is 1.24. The highest BCUT2D eigenvalue weighted by Crippen LogP contribution is 2.25. The van der Waals surface area contributed by atoms with Gasteiger partial charge in [0.2, 0.25) is 5.91 Å². The third-order valence-electron chi connectivity index (χ3n) is 6.32. The van der Waals surface area contributed by atoms with Gasteiger partial charge in [0, 0.05) is 65.1 Å². The molecule has 0 N–H and O–H groups in total. The number of nitrogens with zero attached hydrogens (tertiary/aromatic N) is 6. The number of piperazine rings is 1. The Balaban J connectivity index is 1.29. The molecule has 2 aromatic rings. The van der Waals surface area contributed by atoms with Crippen LogP contribution in [-0.2, 0) is 16.1 Å². The van der Waals surface area contributed by atoms with E-state index in [2.05, 4.69) is 19.9 Å². The number of carbonyl (C=O) groups excluding carboxylic acids is 1. The van der Waals surface area contributed by atoms with Crippen molar-refractivity contribution >= 4 is 17.4 Å². The highest BCUT2D eigenvalue weighted by Gasteiger charge is 2.27. The maximum Gasteiger partial charge on any atom is 0.268 e. The Bertz CT molecular complexity index is 942. The fourth-order valence-electron chi connectivity index (χ4n) is 4.51. The molecule has 1 atom stereocenters. The van der Waals surface area contributed by atoms with Crippen LogP contribution >= 0.6 is 0 Å². The molecule has 1 unspecified atom stereocenters. The Morgan fingerprint density at radius 1 is 1.16 bits per heavy atom. The van der Waals surface area contributed by atoms with E-state index in [-0.39, 0.29) is 11.5 Å². The normalized spacial score (nSPS) is 19.3. The van der Waals surface area contributed by atoms with Crippen LogP contribution in [0.2, 0.25) is 0 Å². The van der Waals surface area contributed by atoms with Crippen molar-refractivity contribution in [2.75, 3.05) is 62.8 Å². The molecule has 0 spiro atoms. The number of hydrogen-bond donors (Lipinski definition) is 0. The molecule has 1 amide bonds. The first-order valence-electron chi connectivity index (χ1n) is 11.4. The van der Waals surface area contributed by atoms with Crippen LogP contribution < -0.4 is 15.4 Å². The molecule has 2 aliphatic heterocycles. The molecule has 0 saturated carbocycles. The van der Waals surface area contributed by atoms with Gasteiger partial charge in [0.05, 0.1) is 25.0 Å². The first-order chi connectivity index (χ1) is 15.6. The molecule has 4 rings (SSSR count). The van der Waals surface area contributed by atoms with Gasteiger partial charge in [-0.1, -0.05) is 6.07 Å². The van der Waals surface area contributed by atoms with E-state index in [9.17, 15) is 9.59 Å². The largest absolute Gasteiger partial charge is 0.383 e. The van der Waals surface area contributed by atoms with E-state index in [4.69, 9.17) is 4.74 Å². The van der Waals surface area contributed by atoms with Gasteiger partial charge in [-0.3, -0.25) is 9.59 Å². The summed E-state index contributed by atoms with van der Waals surface area (Å²) in [6.07, 6.45) is 6.15. The topological polar surface area (TPSA) is 83.8 Å². The fourth-order valence-corrected chi connectivity index (χ4v) is 4.51. The Hall–Kier alpha value is -2.94. The van der Waals surface area contributed by atoms with Gasteiger partial charge in [-0.15, -0.1) is 0 Å². The zero-order valence-corrected chi connectivity index (χ0v) is 18.7. The average molecular weight is 441 g/mol. The molecule has 172 valence electrons. The number of rotatable bonds is 7. The van der Waals surface area contributed by atoms with Crippen LogP contribution in [0.5, 0.6) is 0 Å². The van der Waals surface area contributed by atoms with Crippen molar-refractivity contribution in [3.8, 4) is 0 Å². The van der Waals surface area contributed by atoms with Gasteiger partial charge < -0.3 is 19.4 Å². The minimum Gasteiger partial charge on any atom is -0.383 e. The minimum absolute atomic E-state index is 0.122. The van der Waals surface area contributed by atoms with E-state index in [0.29, 0.717) is 25.5 Å². The number of anilines is 2. The van der Waals surface area contributed by atoms with Crippen molar-refractivity contribution in [2.45, 2.75) is 25.8 Å². The molecule has 0 aromatic carbocycles. The second-order valence-corrected chi connectivity index (χ2v) is 8.48. The summed E-state index contributed by atoms with van der Waals surface area (Å²) in [7, 11) is 1.61. The maximum absolute atomic E-state index is 12.9. The lowest BCUT2D eigenvalue weighted by molar-refractivity contribution is -0.132. The van der Waals surface area contributed by atoms with Crippen molar-refractivity contribution in [3.05, 3.63) is 47.0 Å². The number of methoxy groups -OCH3 is 1. The molecule has 2 fully saturated rings. The number of ether oxygens (including phenoxy) is 1. The summed E-state index contributed by atoms with van der Waals surface area (Å²) in [5.74, 6) is 1.49. The van der Waals surface area contributed by atoms with Gasteiger partial charge >= 0.3 is 0 Å². The number of aromatic nitrogens is 3. The summed E-state index contributed by atoms with van der Waals surface area (Å²) in [6.45, 7) is 5.65. The highest BCUT2D eigenvalue weighted by atomic mass is 16.5. The van der Waals surface area contributed by atoms with Crippen LogP contribution in [0.15, 0.2) is 41.5 Å². The summed E-state index contributed by atoms with van der Waals surface area (Å²) in [5.41, 5.74) is 0.716. The van der Waals surface area contributed by atoms with Crippen LogP contribution in [0, 0.1) is 5.92 Å². The van der Waals surface area contributed by atoms with Gasteiger partial charge in [0.25, 0.3) is 5.56 Å². The van der Waals surface area contributed by atoms with Crippen LogP contribution in [0.3, 0.4) is 0 Å². The van der Waals surface area contributed by atoms with E-state index < -0.39 is 0 Å². The van der Waals surface area contributed by atoms with E-state index in [1.54, 1.807) is 25.6 Å². The van der Waals surface area contributed by atoms with Gasteiger partial charge in [-0.25, -0.2) is 9.67 Å². The molecule has 9 nitrogen and oxygen atoms in total. The zero-order chi connectivity index (χ0) is 22.3. The molecule has 2 aromatic heterocycles. The molecular formula is C23H32N6O3. The van der Waals surface area contributed by atoms with Crippen molar-refractivity contribution in [3.63, 3.8) is 0 Å². The number of pyridine rings is 1. The molecule has 4 heterocycles. The lowest BCUT2D eigenvalue weighted by Gasteiger charge is -2.37. The van der Waals surface area contributed by atoms with Crippen molar-refractivity contribution in [2.24, 2.45) is 5.92 Å². The summed E-state index contributed by atoms with van der Waals surface area (Å²) in [6, 6.07) is 7.56. The van der Waals surface area contributed by atoms with E-state index >= 15 is 0 Å². The van der Waals surface area contributed by atoms with E-state index in [1.165, 1.54) is 4.68 Å². The van der Waals surface area contributed by atoms with Crippen molar-refractivity contribution in [1.82, 2.24) is 19.7 Å². The third kappa shape index (κ3) is 5.45. The molecule has 9 heteroatoms. The minimum atomic E-state index is -0.122. The van der Waals surface area contributed by atoms with E-state index in [0.717, 1.165) is 63.6 Å². The van der Waals surface area contributed by atoms with Gasteiger partial charge in [0.1, 0.15) is 5.82 Å². The predicted molar refractivity (Wildman–Crippen MR) is 123 cm³/mol. The van der Waals surface area contributed by atoms with Crippen LogP contribution in [0.1, 0.15) is 19.3 Å². The van der Waals surface area contributed by atoms with Crippen LogP contribution in [-0.4, -0.2) is 78.6 Å². The number of carbonyl (C=O) groups is 1. The Morgan fingerprint density at radius 2 is 2.00 bits per heavy atom. The smallest absolute Gasteiger partial charge is 0.268 e. The number of hydrogen-bond acceptors (Lipinski definition) is 7. The SMILES string of the molecule is COCCn1ncc(N2CCCC(CC(=O)N3CCN(c4ccccn4)CC3)C2)cc1=O. The molecule has 0 aliphatic carbocycles. The third-order valence-corrected chi connectivity index (χ3v) is 6.32. The zero-order valence-electron chi connectivity index (χ0n) is 18.7. The lowest BCUT2D eigenvalue weighted by atomic mass is 9.93. The first-order valence-corrected chi connectivity index (χ1v) is 11.4. The van der Waals surface area contributed by atoms with Crippen molar-refractivity contribution < 1.29 is 9.53 Å². The molecular weight excluding hydrogens is 408 g/mol. The summed E-state index contributed by atoms with van der Waals surface area (Å²) in [4.78, 5) is 36.1. The Morgan fingerprint density at radius 3 is 2.72 bits per heavy atom. The lowest BCUT2D eigenvalue weighted by Crippen LogP contribution is -2.49. The van der Waals surface area contributed by atoms with E-state index in [1.807, 2.05) is 23.1 Å². The second-order valence-electron chi connectivity index (χ2n) is 8.48. The number of piperidine rings is 1. The molecule has 0 bridgehead atoms. The quantitative estimate of drug-likeness (QED) is 0.641. The molecule has 2 saturated heterocycles. The van der Waals surface area contributed by atoms with Crippen molar-refractivity contribution in [1.29, 1.82) is 0 Å². The molecule has 32 heavy (non-hydrogen) atoms. The Labute approximate surface area is 188 Å². The first kappa shape index (κ1) is 22.3. The maximum atomic E-state index is 12.9. The standard InChI is InChI=1S/C23H32N6O3/c1-32-14-13-29-23(31)16-20(17-25-29)28-8-4-5-19(18-28)15-22(30)27-11-9-26(10-12-27)21-6-2-3-7-24-21/h2-3,6-7,16-17,19H,4-5,8-15,18H2,1H3. The van der Waals surface area contributed by atoms with Gasteiger partial charge in [-0.2, -0.15) is 5.10 Å². The fraction of sp³-hybridized carbons (Fsp3) is 0.565. The summed E-state index contributed by atoms with van der Waals surface area (Å²) < 4.78 is 6.44. The Kier molecular flexibility index (Phi) is 7.36. The summed E-state index contributed by atoms with van der Waals surface area (Å²) in [5, 5.41) is 4.28. The molecule has 0 radical (unpaired) electrons. The van der Waals surface area contributed by atoms with Crippen LogP contribution in [0.4, 0.5) is 11.5 Å². The monoisotopic (exact) mass is 440 g/mol. The second kappa shape index (κ2) is 10.6.